The topological polar surface area (TPSA) is 41.8 Å². The SMILES string of the molecule is CC(=O)C(Cl)N=Nc1cccc(C)c1. The van der Waals surface area contributed by atoms with Crippen molar-refractivity contribution in [2.45, 2.75) is 19.3 Å². The second-order valence-corrected chi connectivity index (χ2v) is 3.41. The van der Waals surface area contributed by atoms with Gasteiger partial charge in [-0.3, -0.25) is 4.79 Å². The molecule has 0 amide bonds. The van der Waals surface area contributed by atoms with Gasteiger partial charge in [0.1, 0.15) is 0 Å². The van der Waals surface area contributed by atoms with Gasteiger partial charge in [-0.1, -0.05) is 23.7 Å². The Hall–Kier alpha value is -1.22. The Kier molecular flexibility index (Phi) is 3.77. The number of carbonyl (C=O) groups is 1. The van der Waals surface area contributed by atoms with Gasteiger partial charge < -0.3 is 0 Å². The Balaban J connectivity index is 2.73. The van der Waals surface area contributed by atoms with Gasteiger partial charge in [0.25, 0.3) is 0 Å². The molecule has 0 heterocycles. The number of hydrogen-bond donors (Lipinski definition) is 0. The van der Waals surface area contributed by atoms with Crippen LogP contribution in [-0.2, 0) is 4.79 Å². The van der Waals surface area contributed by atoms with E-state index in [0.29, 0.717) is 5.69 Å². The normalized spacial score (nSPS) is 13.1. The summed E-state index contributed by atoms with van der Waals surface area (Å²) in [5, 5.41) is 7.54. The fourth-order valence-corrected chi connectivity index (χ4v) is 0.932. The third kappa shape index (κ3) is 3.26. The summed E-state index contributed by atoms with van der Waals surface area (Å²) in [6, 6.07) is 7.51. The Labute approximate surface area is 87.8 Å². The van der Waals surface area contributed by atoms with E-state index in [4.69, 9.17) is 11.6 Å². The number of ketones is 1. The third-order valence-electron chi connectivity index (χ3n) is 1.61. The number of nitrogens with zero attached hydrogens (tertiary/aromatic N) is 2. The molecular formula is C10H11ClN2O. The number of rotatable bonds is 3. The highest BCUT2D eigenvalue weighted by atomic mass is 35.5. The highest BCUT2D eigenvalue weighted by Crippen LogP contribution is 2.15. The first-order valence-electron chi connectivity index (χ1n) is 4.21. The summed E-state index contributed by atoms with van der Waals surface area (Å²) in [5.74, 6) is -0.205. The second kappa shape index (κ2) is 4.86. The minimum atomic E-state index is -0.879. The van der Waals surface area contributed by atoms with Gasteiger partial charge in [0.15, 0.2) is 5.78 Å². The molecule has 0 aromatic heterocycles. The van der Waals surface area contributed by atoms with Crippen LogP contribution in [0.1, 0.15) is 12.5 Å². The average molecular weight is 211 g/mol. The first-order valence-corrected chi connectivity index (χ1v) is 4.65. The van der Waals surface area contributed by atoms with Crippen LogP contribution >= 0.6 is 11.6 Å². The molecule has 0 N–H and O–H groups in total. The average Bonchev–Trinajstić information content (AvgIpc) is 2.14. The van der Waals surface area contributed by atoms with E-state index in [-0.39, 0.29) is 5.78 Å². The minimum Gasteiger partial charge on any atom is -0.296 e. The van der Waals surface area contributed by atoms with Gasteiger partial charge in [0.05, 0.1) is 5.69 Å². The van der Waals surface area contributed by atoms with Crippen molar-refractivity contribution in [1.29, 1.82) is 0 Å². The van der Waals surface area contributed by atoms with E-state index in [0.717, 1.165) is 5.56 Å². The fourth-order valence-electron chi connectivity index (χ4n) is 0.889. The molecule has 0 saturated heterocycles. The van der Waals surface area contributed by atoms with E-state index in [1.165, 1.54) is 6.92 Å². The molecule has 0 aliphatic carbocycles. The molecule has 1 rings (SSSR count). The highest BCUT2D eigenvalue weighted by Gasteiger charge is 2.06. The van der Waals surface area contributed by atoms with Gasteiger partial charge in [-0.25, -0.2) is 0 Å². The lowest BCUT2D eigenvalue weighted by Crippen LogP contribution is -2.04. The van der Waals surface area contributed by atoms with Crippen molar-refractivity contribution in [3.63, 3.8) is 0 Å². The van der Waals surface area contributed by atoms with Crippen molar-refractivity contribution in [2.24, 2.45) is 10.2 Å². The molecule has 3 nitrogen and oxygen atoms in total. The van der Waals surface area contributed by atoms with Crippen LogP contribution in [0.3, 0.4) is 0 Å². The molecule has 0 aliphatic heterocycles. The maximum Gasteiger partial charge on any atom is 0.202 e. The number of carbonyl (C=O) groups excluding carboxylic acids is 1. The number of aryl methyl sites for hydroxylation is 1. The lowest BCUT2D eigenvalue weighted by atomic mass is 10.2. The molecule has 1 aromatic rings. The summed E-state index contributed by atoms with van der Waals surface area (Å²) in [7, 11) is 0. The zero-order chi connectivity index (χ0) is 10.6. The molecule has 1 aromatic carbocycles. The maximum absolute atomic E-state index is 10.7. The van der Waals surface area contributed by atoms with E-state index in [9.17, 15) is 4.79 Å². The standard InChI is InChI=1S/C10H11ClN2O/c1-7-4-3-5-9(6-7)12-13-10(11)8(2)14/h3-6,10H,1-2H3. The maximum atomic E-state index is 10.7. The predicted molar refractivity (Wildman–Crippen MR) is 56.0 cm³/mol. The number of benzene rings is 1. The summed E-state index contributed by atoms with van der Waals surface area (Å²) in [4.78, 5) is 10.7. The predicted octanol–water partition coefficient (Wildman–Crippen LogP) is 3.23. The van der Waals surface area contributed by atoms with E-state index in [2.05, 4.69) is 10.2 Å². The number of Topliss-reactive ketones (excluding diaryl/α,β-unsaturated/α-hetero) is 1. The van der Waals surface area contributed by atoms with Crippen LogP contribution in [0.25, 0.3) is 0 Å². The van der Waals surface area contributed by atoms with E-state index in [1.54, 1.807) is 6.07 Å². The molecule has 0 radical (unpaired) electrons. The van der Waals surface area contributed by atoms with Crippen LogP contribution in [0.2, 0.25) is 0 Å². The smallest absolute Gasteiger partial charge is 0.202 e. The van der Waals surface area contributed by atoms with Crippen molar-refractivity contribution in [3.8, 4) is 0 Å². The molecule has 0 saturated carbocycles. The van der Waals surface area contributed by atoms with Gasteiger partial charge in [0.2, 0.25) is 5.50 Å². The van der Waals surface area contributed by atoms with E-state index < -0.39 is 5.50 Å². The number of halogens is 1. The van der Waals surface area contributed by atoms with E-state index >= 15 is 0 Å². The first kappa shape index (κ1) is 10.9. The van der Waals surface area contributed by atoms with Crippen LogP contribution in [0.15, 0.2) is 34.5 Å². The zero-order valence-electron chi connectivity index (χ0n) is 8.07. The highest BCUT2D eigenvalue weighted by molar-refractivity contribution is 6.30. The molecule has 1 unspecified atom stereocenters. The molecule has 14 heavy (non-hydrogen) atoms. The van der Waals surface area contributed by atoms with Gasteiger partial charge in [-0.15, -0.1) is 0 Å². The Morgan fingerprint density at radius 2 is 2.21 bits per heavy atom. The summed E-state index contributed by atoms with van der Waals surface area (Å²) < 4.78 is 0. The molecule has 74 valence electrons. The van der Waals surface area contributed by atoms with Crippen LogP contribution in [0, 0.1) is 6.92 Å². The first-order chi connectivity index (χ1) is 6.59. The minimum absolute atomic E-state index is 0.205. The lowest BCUT2D eigenvalue weighted by molar-refractivity contribution is -0.116. The summed E-state index contributed by atoms with van der Waals surface area (Å²) in [6.07, 6.45) is 0. The lowest BCUT2D eigenvalue weighted by Gasteiger charge is -1.96. The van der Waals surface area contributed by atoms with Crippen molar-refractivity contribution in [1.82, 2.24) is 0 Å². The largest absolute Gasteiger partial charge is 0.296 e. The fraction of sp³-hybridized carbons (Fsp3) is 0.300. The molecule has 4 heteroatoms. The molecule has 0 fully saturated rings. The van der Waals surface area contributed by atoms with Crippen molar-refractivity contribution >= 4 is 23.1 Å². The van der Waals surface area contributed by atoms with Crippen molar-refractivity contribution in [2.75, 3.05) is 0 Å². The number of alkyl halides is 1. The molecule has 0 aliphatic rings. The molecular weight excluding hydrogens is 200 g/mol. The number of hydrogen-bond acceptors (Lipinski definition) is 3. The number of azo groups is 1. The van der Waals surface area contributed by atoms with Crippen LogP contribution in [-0.4, -0.2) is 11.3 Å². The van der Waals surface area contributed by atoms with E-state index in [1.807, 2.05) is 25.1 Å². The van der Waals surface area contributed by atoms with Gasteiger partial charge in [-0.2, -0.15) is 10.2 Å². The van der Waals surface area contributed by atoms with Gasteiger partial charge in [0, 0.05) is 0 Å². The summed E-state index contributed by atoms with van der Waals surface area (Å²) >= 11 is 5.60. The van der Waals surface area contributed by atoms with Gasteiger partial charge in [-0.05, 0) is 31.5 Å². The second-order valence-electron chi connectivity index (χ2n) is 3.00. The molecule has 0 spiro atoms. The molecule has 0 bridgehead atoms. The Bertz CT molecular complexity index is 363. The summed E-state index contributed by atoms with van der Waals surface area (Å²) in [5.41, 5.74) is 0.919. The van der Waals surface area contributed by atoms with Crippen molar-refractivity contribution in [3.05, 3.63) is 29.8 Å². The van der Waals surface area contributed by atoms with Gasteiger partial charge >= 0.3 is 0 Å². The Morgan fingerprint density at radius 3 is 2.79 bits per heavy atom. The molecule has 1 atom stereocenters. The third-order valence-corrected chi connectivity index (χ3v) is 2.01. The van der Waals surface area contributed by atoms with Crippen LogP contribution < -0.4 is 0 Å². The quantitative estimate of drug-likeness (QED) is 0.429. The van der Waals surface area contributed by atoms with Crippen molar-refractivity contribution < 1.29 is 4.79 Å². The zero-order valence-corrected chi connectivity index (χ0v) is 8.82. The Morgan fingerprint density at radius 1 is 1.50 bits per heavy atom. The summed E-state index contributed by atoms with van der Waals surface area (Å²) in [6.45, 7) is 3.34. The van der Waals surface area contributed by atoms with Crippen LogP contribution in [0.4, 0.5) is 5.69 Å². The van der Waals surface area contributed by atoms with Crippen LogP contribution in [0.5, 0.6) is 0 Å². The monoisotopic (exact) mass is 210 g/mol.